The van der Waals surface area contributed by atoms with Crippen LogP contribution in [0.2, 0.25) is 0 Å². The van der Waals surface area contributed by atoms with Gasteiger partial charge < -0.3 is 10.2 Å². The van der Waals surface area contributed by atoms with Gasteiger partial charge in [-0.15, -0.1) is 0 Å². The summed E-state index contributed by atoms with van der Waals surface area (Å²) in [7, 11) is 2.03. The molecule has 0 aliphatic carbocycles. The number of hydrogen-bond donors (Lipinski definition) is 1. The van der Waals surface area contributed by atoms with Gasteiger partial charge in [-0.25, -0.2) is 0 Å². The molecule has 1 aromatic rings. The Hall–Kier alpha value is -1.26. The smallest absolute Gasteiger partial charge is 0.182 e. The summed E-state index contributed by atoms with van der Waals surface area (Å²) in [5, 5.41) is 3.23. The maximum Gasteiger partial charge on any atom is 0.182 e. The van der Waals surface area contributed by atoms with E-state index in [1.54, 1.807) is 18.5 Å². The molecule has 1 aromatic heterocycles. The quantitative estimate of drug-likeness (QED) is 0.699. The van der Waals surface area contributed by atoms with Crippen molar-refractivity contribution < 1.29 is 4.79 Å². The molecule has 0 spiro atoms. The molecule has 1 fully saturated rings. The van der Waals surface area contributed by atoms with Crippen LogP contribution in [0.25, 0.3) is 0 Å². The fourth-order valence-electron chi connectivity index (χ4n) is 1.78. The number of rotatable bonds is 2. The monoisotopic (exact) mass is 205 g/mol. The van der Waals surface area contributed by atoms with Crippen molar-refractivity contribution in [3.05, 3.63) is 30.1 Å². The van der Waals surface area contributed by atoms with Crippen LogP contribution in [0.15, 0.2) is 24.5 Å². The minimum Gasteiger partial charge on any atom is -0.305 e. The highest BCUT2D eigenvalue weighted by atomic mass is 16.1. The average Bonchev–Trinajstić information content (AvgIpc) is 2.29. The summed E-state index contributed by atoms with van der Waals surface area (Å²) in [5.41, 5.74) is 0.685. The van der Waals surface area contributed by atoms with Crippen molar-refractivity contribution >= 4 is 5.78 Å². The number of piperazine rings is 1. The van der Waals surface area contributed by atoms with Gasteiger partial charge in [-0.2, -0.15) is 0 Å². The first-order chi connectivity index (χ1) is 7.27. The van der Waals surface area contributed by atoms with Crippen molar-refractivity contribution in [1.29, 1.82) is 0 Å². The highest BCUT2D eigenvalue weighted by Gasteiger charge is 2.24. The van der Waals surface area contributed by atoms with Crippen molar-refractivity contribution in [1.82, 2.24) is 15.2 Å². The van der Waals surface area contributed by atoms with E-state index in [-0.39, 0.29) is 11.8 Å². The zero-order valence-corrected chi connectivity index (χ0v) is 8.81. The molecule has 4 heteroatoms. The first kappa shape index (κ1) is 10.3. The molecule has 1 saturated heterocycles. The Morgan fingerprint density at radius 3 is 3.20 bits per heavy atom. The zero-order valence-electron chi connectivity index (χ0n) is 8.81. The van der Waals surface area contributed by atoms with Crippen molar-refractivity contribution in [2.24, 2.45) is 0 Å². The molecule has 0 aromatic carbocycles. The van der Waals surface area contributed by atoms with Gasteiger partial charge in [0.2, 0.25) is 0 Å². The molecular formula is C11H15N3O. The van der Waals surface area contributed by atoms with Crippen molar-refractivity contribution in [2.75, 3.05) is 26.7 Å². The lowest BCUT2D eigenvalue weighted by Gasteiger charge is -2.29. The van der Waals surface area contributed by atoms with E-state index in [9.17, 15) is 4.79 Å². The third-order valence-electron chi connectivity index (χ3n) is 2.64. The summed E-state index contributed by atoms with van der Waals surface area (Å²) in [6.45, 7) is 2.64. The average molecular weight is 205 g/mol. The number of Topliss-reactive ketones (excluding diaryl/α,β-unsaturated/α-hetero) is 1. The topological polar surface area (TPSA) is 45.2 Å². The number of nitrogens with one attached hydrogen (secondary N) is 1. The van der Waals surface area contributed by atoms with Gasteiger partial charge in [-0.1, -0.05) is 0 Å². The van der Waals surface area contributed by atoms with Gasteiger partial charge in [-0.05, 0) is 19.2 Å². The van der Waals surface area contributed by atoms with Crippen LogP contribution in [0.5, 0.6) is 0 Å². The van der Waals surface area contributed by atoms with Gasteiger partial charge >= 0.3 is 0 Å². The largest absolute Gasteiger partial charge is 0.305 e. The molecule has 1 aliphatic heterocycles. The molecule has 80 valence electrons. The van der Waals surface area contributed by atoms with E-state index in [1.807, 2.05) is 13.1 Å². The highest BCUT2D eigenvalue weighted by Crippen LogP contribution is 2.05. The van der Waals surface area contributed by atoms with Gasteiger partial charge in [0, 0.05) is 37.6 Å². The minimum atomic E-state index is -0.0899. The van der Waals surface area contributed by atoms with Gasteiger partial charge in [-0.3, -0.25) is 9.78 Å². The van der Waals surface area contributed by atoms with Crippen molar-refractivity contribution in [3.63, 3.8) is 0 Å². The second-order valence-corrected chi connectivity index (χ2v) is 3.87. The molecule has 0 radical (unpaired) electrons. The Labute approximate surface area is 89.3 Å². The Bertz CT molecular complexity index is 339. The predicted octanol–water partition coefficient (Wildman–Crippen LogP) is 0.168. The molecule has 4 nitrogen and oxygen atoms in total. The Kier molecular flexibility index (Phi) is 3.08. The number of hydrogen-bond acceptors (Lipinski definition) is 4. The number of aromatic nitrogens is 1. The van der Waals surface area contributed by atoms with E-state index in [0.29, 0.717) is 5.56 Å². The van der Waals surface area contributed by atoms with E-state index in [4.69, 9.17) is 0 Å². The summed E-state index contributed by atoms with van der Waals surface area (Å²) in [4.78, 5) is 18.1. The van der Waals surface area contributed by atoms with E-state index >= 15 is 0 Å². The summed E-state index contributed by atoms with van der Waals surface area (Å²) in [5.74, 6) is 0.134. The number of nitrogens with zero attached hydrogens (tertiary/aromatic N) is 2. The van der Waals surface area contributed by atoms with E-state index in [2.05, 4.69) is 15.2 Å². The molecular weight excluding hydrogens is 190 g/mol. The maximum atomic E-state index is 12.0. The number of carbonyl (C=O) groups excluding carboxylic acids is 1. The molecule has 1 atom stereocenters. The number of pyridine rings is 1. The third kappa shape index (κ3) is 2.40. The number of ketones is 1. The fourth-order valence-corrected chi connectivity index (χ4v) is 1.78. The lowest BCUT2D eigenvalue weighted by atomic mass is 10.0. The predicted molar refractivity (Wildman–Crippen MR) is 57.9 cm³/mol. The summed E-state index contributed by atoms with van der Waals surface area (Å²) in [6.07, 6.45) is 3.30. The SMILES string of the molecule is CN1CCNC(C(=O)c2cccnc2)C1. The number of carbonyl (C=O) groups is 1. The number of likely N-dealkylation sites (N-methyl/N-ethyl adjacent to an activating group) is 1. The van der Waals surface area contributed by atoms with E-state index in [0.717, 1.165) is 19.6 Å². The first-order valence-electron chi connectivity index (χ1n) is 5.13. The van der Waals surface area contributed by atoms with Gasteiger partial charge in [0.25, 0.3) is 0 Å². The highest BCUT2D eigenvalue weighted by molar-refractivity contribution is 6.00. The minimum absolute atomic E-state index is 0.0899. The lowest BCUT2D eigenvalue weighted by Crippen LogP contribution is -2.52. The Morgan fingerprint density at radius 1 is 1.67 bits per heavy atom. The molecule has 2 heterocycles. The Morgan fingerprint density at radius 2 is 2.53 bits per heavy atom. The Balaban J connectivity index is 2.08. The first-order valence-corrected chi connectivity index (χ1v) is 5.13. The van der Waals surface area contributed by atoms with Crippen LogP contribution in [0.1, 0.15) is 10.4 Å². The van der Waals surface area contributed by atoms with Crippen LogP contribution < -0.4 is 5.32 Å². The van der Waals surface area contributed by atoms with Crippen LogP contribution in [-0.2, 0) is 0 Å². The summed E-state index contributed by atoms with van der Waals surface area (Å²) >= 11 is 0. The maximum absolute atomic E-state index is 12.0. The standard InChI is InChI=1S/C11H15N3O/c1-14-6-5-13-10(8-14)11(15)9-3-2-4-12-7-9/h2-4,7,10,13H,5-6,8H2,1H3. The normalized spacial score (nSPS) is 22.6. The van der Waals surface area contributed by atoms with Crippen molar-refractivity contribution in [3.8, 4) is 0 Å². The van der Waals surface area contributed by atoms with Crippen LogP contribution >= 0.6 is 0 Å². The molecule has 1 N–H and O–H groups in total. The van der Waals surface area contributed by atoms with Crippen LogP contribution in [0.4, 0.5) is 0 Å². The van der Waals surface area contributed by atoms with Crippen LogP contribution in [-0.4, -0.2) is 48.4 Å². The van der Waals surface area contributed by atoms with Crippen molar-refractivity contribution in [2.45, 2.75) is 6.04 Å². The molecule has 1 unspecified atom stereocenters. The zero-order chi connectivity index (χ0) is 10.7. The molecule has 0 bridgehead atoms. The lowest BCUT2D eigenvalue weighted by molar-refractivity contribution is 0.0894. The summed E-state index contributed by atoms with van der Waals surface area (Å²) in [6, 6.07) is 3.51. The molecule has 0 amide bonds. The van der Waals surface area contributed by atoms with Gasteiger partial charge in [0.1, 0.15) is 0 Å². The molecule has 0 saturated carbocycles. The molecule has 15 heavy (non-hydrogen) atoms. The molecule has 1 aliphatic rings. The second-order valence-electron chi connectivity index (χ2n) is 3.87. The van der Waals surface area contributed by atoms with E-state index < -0.39 is 0 Å². The fraction of sp³-hybridized carbons (Fsp3) is 0.455. The summed E-state index contributed by atoms with van der Waals surface area (Å²) < 4.78 is 0. The third-order valence-corrected chi connectivity index (χ3v) is 2.64. The second kappa shape index (κ2) is 4.51. The molecule has 2 rings (SSSR count). The van der Waals surface area contributed by atoms with Gasteiger partial charge in [0.05, 0.1) is 6.04 Å². The van der Waals surface area contributed by atoms with Gasteiger partial charge in [0.15, 0.2) is 5.78 Å². The van der Waals surface area contributed by atoms with Crippen LogP contribution in [0.3, 0.4) is 0 Å². The van der Waals surface area contributed by atoms with E-state index in [1.165, 1.54) is 0 Å². The van der Waals surface area contributed by atoms with Crippen LogP contribution in [0, 0.1) is 0 Å².